The van der Waals surface area contributed by atoms with Gasteiger partial charge in [0.05, 0.1) is 17.7 Å². The van der Waals surface area contributed by atoms with Gasteiger partial charge in [0.25, 0.3) is 5.91 Å². The number of carbonyl (C=O) groups is 2. The van der Waals surface area contributed by atoms with E-state index < -0.39 is 29.6 Å². The van der Waals surface area contributed by atoms with Crippen LogP contribution in [0.3, 0.4) is 0 Å². The van der Waals surface area contributed by atoms with Crippen LogP contribution in [0.1, 0.15) is 35.7 Å². The van der Waals surface area contributed by atoms with Gasteiger partial charge in [0.15, 0.2) is 5.82 Å². The number of hydrogen-bond donors (Lipinski definition) is 1. The van der Waals surface area contributed by atoms with E-state index in [-0.39, 0.29) is 5.56 Å². The molecule has 0 saturated heterocycles. The largest absolute Gasteiger partial charge is 0.447 e. The lowest BCUT2D eigenvalue weighted by atomic mass is 10.1. The van der Waals surface area contributed by atoms with Crippen molar-refractivity contribution in [3.05, 3.63) is 70.7 Å². The summed E-state index contributed by atoms with van der Waals surface area (Å²) in [4.78, 5) is 40.0. The van der Waals surface area contributed by atoms with Gasteiger partial charge in [-0.05, 0) is 56.7 Å². The SMILES string of the molecule is CC(=O)O[C@@H](C(=O)Nc1ccc(-n2nc(C)c3nc(C)nc(/N=C/N(C)C)c32)c(C)c1)c1cc(F)cc(F)c1. The van der Waals surface area contributed by atoms with Crippen molar-refractivity contribution in [2.45, 2.75) is 33.8 Å². The van der Waals surface area contributed by atoms with Crippen molar-refractivity contribution in [3.63, 3.8) is 0 Å². The zero-order valence-corrected chi connectivity index (χ0v) is 22.3. The van der Waals surface area contributed by atoms with E-state index in [1.54, 1.807) is 41.0 Å². The predicted octanol–water partition coefficient (Wildman–Crippen LogP) is 4.48. The lowest BCUT2D eigenvalue weighted by Crippen LogP contribution is -2.25. The Balaban J connectivity index is 1.70. The Bertz CT molecular complexity index is 1590. The third-order valence-electron chi connectivity index (χ3n) is 5.59. The Morgan fingerprint density at radius 2 is 1.77 bits per heavy atom. The number of aliphatic imine (C=N–C) groups is 1. The molecule has 0 unspecified atom stereocenters. The molecule has 2 aromatic heterocycles. The van der Waals surface area contributed by atoms with E-state index in [0.29, 0.717) is 45.8 Å². The highest BCUT2D eigenvalue weighted by molar-refractivity contribution is 5.96. The zero-order chi connectivity index (χ0) is 28.4. The molecule has 2 heterocycles. The normalized spacial score (nSPS) is 12.1. The first-order valence-electron chi connectivity index (χ1n) is 11.9. The lowest BCUT2D eigenvalue weighted by molar-refractivity contribution is -0.152. The highest BCUT2D eigenvalue weighted by Crippen LogP contribution is 2.30. The highest BCUT2D eigenvalue weighted by atomic mass is 19.1. The van der Waals surface area contributed by atoms with E-state index in [9.17, 15) is 18.4 Å². The Hall–Kier alpha value is -4.74. The molecule has 0 spiro atoms. The van der Waals surface area contributed by atoms with Gasteiger partial charge in [0.2, 0.25) is 6.10 Å². The first-order valence-corrected chi connectivity index (χ1v) is 11.9. The first kappa shape index (κ1) is 27.3. The van der Waals surface area contributed by atoms with Crippen LogP contribution in [0.25, 0.3) is 16.7 Å². The number of esters is 1. The number of anilines is 1. The Morgan fingerprint density at radius 3 is 2.38 bits per heavy atom. The monoisotopic (exact) mass is 535 g/mol. The maximum absolute atomic E-state index is 13.8. The van der Waals surface area contributed by atoms with Crippen LogP contribution in [0.15, 0.2) is 41.4 Å². The molecular formula is C27H27F2N7O3. The summed E-state index contributed by atoms with van der Waals surface area (Å²) in [6, 6.07) is 7.63. The number of carbonyl (C=O) groups excluding carboxylic acids is 2. The molecule has 0 aliphatic rings. The zero-order valence-electron chi connectivity index (χ0n) is 22.3. The number of fused-ring (bicyclic) bond motifs is 1. The molecule has 0 aliphatic heterocycles. The Kier molecular flexibility index (Phi) is 7.65. The lowest BCUT2D eigenvalue weighted by Gasteiger charge is -2.18. The van der Waals surface area contributed by atoms with Crippen molar-refractivity contribution >= 4 is 40.8 Å². The molecule has 4 aromatic rings. The Morgan fingerprint density at radius 1 is 1.08 bits per heavy atom. The van der Waals surface area contributed by atoms with Crippen molar-refractivity contribution < 1.29 is 23.1 Å². The van der Waals surface area contributed by atoms with E-state index in [2.05, 4.69) is 25.4 Å². The summed E-state index contributed by atoms with van der Waals surface area (Å²) in [6.07, 6.45) is 0.0894. The summed E-state index contributed by atoms with van der Waals surface area (Å²) in [5.41, 5.74) is 3.66. The molecular weight excluding hydrogens is 508 g/mol. The van der Waals surface area contributed by atoms with Crippen LogP contribution >= 0.6 is 0 Å². The smallest absolute Gasteiger partial charge is 0.303 e. The van der Waals surface area contributed by atoms with E-state index in [0.717, 1.165) is 24.6 Å². The van der Waals surface area contributed by atoms with Gasteiger partial charge < -0.3 is 15.0 Å². The second-order valence-electron chi connectivity index (χ2n) is 9.18. The van der Waals surface area contributed by atoms with E-state index >= 15 is 0 Å². The third kappa shape index (κ3) is 6.06. The number of nitrogens with one attached hydrogen (secondary N) is 1. The van der Waals surface area contributed by atoms with Crippen molar-refractivity contribution in [2.24, 2.45) is 4.99 Å². The molecule has 1 N–H and O–H groups in total. The molecule has 202 valence electrons. The first-order chi connectivity index (χ1) is 18.4. The van der Waals surface area contributed by atoms with Crippen molar-refractivity contribution in [3.8, 4) is 5.69 Å². The predicted molar refractivity (Wildman–Crippen MR) is 142 cm³/mol. The molecule has 0 radical (unpaired) electrons. The summed E-state index contributed by atoms with van der Waals surface area (Å²) >= 11 is 0. The van der Waals surface area contributed by atoms with Gasteiger partial charge in [-0.15, -0.1) is 0 Å². The number of nitrogens with zero attached hydrogens (tertiary/aromatic N) is 6. The summed E-state index contributed by atoms with van der Waals surface area (Å²) in [5.74, 6) is -2.33. The molecule has 12 heteroatoms. The van der Waals surface area contributed by atoms with Crippen molar-refractivity contribution in [1.29, 1.82) is 0 Å². The fourth-order valence-corrected chi connectivity index (χ4v) is 4.03. The molecule has 0 saturated carbocycles. The molecule has 2 aromatic carbocycles. The molecule has 0 bridgehead atoms. The maximum Gasteiger partial charge on any atom is 0.303 e. The second kappa shape index (κ2) is 10.9. The average Bonchev–Trinajstić information content (AvgIpc) is 3.16. The fraction of sp³-hybridized carbons (Fsp3) is 0.259. The molecule has 4 rings (SSSR count). The molecule has 0 aliphatic carbocycles. The van der Waals surface area contributed by atoms with Crippen LogP contribution < -0.4 is 5.32 Å². The van der Waals surface area contributed by atoms with E-state index in [1.807, 2.05) is 27.9 Å². The van der Waals surface area contributed by atoms with Crippen molar-refractivity contribution in [1.82, 2.24) is 24.6 Å². The number of amides is 1. The number of ether oxygens (including phenoxy) is 1. The number of aryl methyl sites for hydroxylation is 3. The van der Waals surface area contributed by atoms with Gasteiger partial charge >= 0.3 is 5.97 Å². The van der Waals surface area contributed by atoms with Crippen LogP contribution in [0.4, 0.5) is 20.3 Å². The van der Waals surface area contributed by atoms with E-state index in [4.69, 9.17) is 4.74 Å². The van der Waals surface area contributed by atoms with Gasteiger partial charge in [-0.2, -0.15) is 5.10 Å². The summed E-state index contributed by atoms with van der Waals surface area (Å²) < 4.78 is 34.4. The van der Waals surface area contributed by atoms with Crippen molar-refractivity contribution in [2.75, 3.05) is 19.4 Å². The number of aromatic nitrogens is 4. The van der Waals surface area contributed by atoms with Gasteiger partial charge in [-0.3, -0.25) is 9.59 Å². The molecule has 10 nitrogen and oxygen atoms in total. The minimum Gasteiger partial charge on any atom is -0.447 e. The third-order valence-corrected chi connectivity index (χ3v) is 5.59. The molecule has 1 atom stereocenters. The Labute approximate surface area is 223 Å². The van der Waals surface area contributed by atoms with Crippen LogP contribution in [-0.2, 0) is 14.3 Å². The molecule has 0 fully saturated rings. The topological polar surface area (TPSA) is 115 Å². The van der Waals surface area contributed by atoms with Gasteiger partial charge in [0, 0.05) is 38.3 Å². The number of rotatable bonds is 7. The summed E-state index contributed by atoms with van der Waals surface area (Å²) in [7, 11) is 3.70. The van der Waals surface area contributed by atoms with Crippen LogP contribution in [0.5, 0.6) is 0 Å². The quantitative estimate of drug-likeness (QED) is 0.211. The summed E-state index contributed by atoms with van der Waals surface area (Å²) in [5, 5.41) is 7.32. The number of benzene rings is 2. The standard InChI is InChI=1S/C27H27F2N7O3/c1-14-9-21(33-27(38)25(39-17(4)37)18-10-19(28)12-20(29)11-18)7-8-22(14)36-24-23(15(2)34-36)31-16(3)32-26(24)30-13-35(5)6/h7-13,25H,1-6H3,(H,33,38)/b30-13+/t25-/m1/s1. The molecule has 39 heavy (non-hydrogen) atoms. The van der Waals surface area contributed by atoms with Gasteiger partial charge in [-0.25, -0.2) is 28.4 Å². The van der Waals surface area contributed by atoms with Crippen LogP contribution in [0, 0.1) is 32.4 Å². The number of hydrogen-bond acceptors (Lipinski definition) is 7. The minimum atomic E-state index is -1.55. The minimum absolute atomic E-state index is 0.131. The maximum atomic E-state index is 13.8. The average molecular weight is 536 g/mol. The summed E-state index contributed by atoms with van der Waals surface area (Å²) in [6.45, 7) is 6.57. The highest BCUT2D eigenvalue weighted by Gasteiger charge is 2.26. The second-order valence-corrected chi connectivity index (χ2v) is 9.18. The van der Waals surface area contributed by atoms with Crippen LogP contribution in [-0.4, -0.2) is 57.0 Å². The van der Waals surface area contributed by atoms with Crippen LogP contribution in [0.2, 0.25) is 0 Å². The van der Waals surface area contributed by atoms with E-state index in [1.165, 1.54) is 0 Å². The van der Waals surface area contributed by atoms with Gasteiger partial charge in [0.1, 0.15) is 28.5 Å². The van der Waals surface area contributed by atoms with Gasteiger partial charge in [-0.1, -0.05) is 0 Å². The molecule has 1 amide bonds. The number of halogens is 2. The fourth-order valence-electron chi connectivity index (χ4n) is 4.03.